The van der Waals surface area contributed by atoms with Gasteiger partial charge in [0.25, 0.3) is 0 Å². The lowest BCUT2D eigenvalue weighted by Crippen LogP contribution is -2.50. The third-order valence-electron chi connectivity index (χ3n) is 6.77. The highest BCUT2D eigenvalue weighted by Crippen LogP contribution is 2.63. The Balaban J connectivity index is 1.77. The van der Waals surface area contributed by atoms with Crippen molar-refractivity contribution in [3.8, 4) is 0 Å². The van der Waals surface area contributed by atoms with Crippen LogP contribution >= 0.6 is 23.2 Å². The number of fused-ring (bicyclic) bond motifs is 3. The normalized spacial score (nSPS) is 28.3. The Kier molecular flexibility index (Phi) is 5.09. The van der Waals surface area contributed by atoms with Gasteiger partial charge in [-0.25, -0.2) is 4.39 Å². The molecular formula is C25H26Cl2FN3O2. The van der Waals surface area contributed by atoms with E-state index in [0.29, 0.717) is 17.1 Å². The van der Waals surface area contributed by atoms with Gasteiger partial charge in [-0.15, -0.1) is 0 Å². The van der Waals surface area contributed by atoms with Crippen LogP contribution in [-0.2, 0) is 15.1 Å². The van der Waals surface area contributed by atoms with E-state index >= 15 is 4.39 Å². The van der Waals surface area contributed by atoms with Gasteiger partial charge in [-0.05, 0) is 48.4 Å². The van der Waals surface area contributed by atoms with E-state index in [9.17, 15) is 9.59 Å². The molecule has 0 aromatic heterocycles. The molecule has 2 amide bonds. The van der Waals surface area contributed by atoms with Gasteiger partial charge in [0, 0.05) is 22.3 Å². The van der Waals surface area contributed by atoms with Crippen molar-refractivity contribution >= 4 is 40.7 Å². The second-order valence-corrected chi connectivity index (χ2v) is 11.4. The fraction of sp³-hybridized carbons (Fsp3) is 0.440. The van der Waals surface area contributed by atoms with Crippen LogP contribution in [0.1, 0.15) is 57.1 Å². The number of anilines is 1. The standard InChI is InChI=1S/C25H26Cl2FN3O2/c1-23(2,3)12-24-16-10-7-13(26)11-18(16)30-21(32)19(15-5-4-6-17(27)20(15)28)25(24,31-24)22(33)29-14-8-9-14/h4-7,10-11,14,19,31H,8-9,12H2,1-3H3,(H,29,33)(H,30,32). The summed E-state index contributed by atoms with van der Waals surface area (Å²) in [6.45, 7) is 6.24. The minimum atomic E-state index is -1.38. The third-order valence-corrected chi connectivity index (χ3v) is 7.30. The molecule has 1 aliphatic carbocycles. The zero-order chi connectivity index (χ0) is 23.8. The summed E-state index contributed by atoms with van der Waals surface area (Å²) in [7, 11) is 0. The summed E-state index contributed by atoms with van der Waals surface area (Å²) in [5.41, 5.74) is -1.11. The van der Waals surface area contributed by atoms with E-state index in [4.69, 9.17) is 23.2 Å². The molecule has 0 bridgehead atoms. The van der Waals surface area contributed by atoms with Crippen molar-refractivity contribution in [2.45, 2.75) is 63.1 Å². The van der Waals surface area contributed by atoms with Crippen LogP contribution in [0.25, 0.3) is 0 Å². The molecule has 0 spiro atoms. The summed E-state index contributed by atoms with van der Waals surface area (Å²) in [5, 5.41) is 9.83. The number of halogens is 3. The second kappa shape index (κ2) is 7.42. The predicted molar refractivity (Wildman–Crippen MR) is 127 cm³/mol. The number of amides is 2. The van der Waals surface area contributed by atoms with Crippen molar-refractivity contribution in [3.05, 3.63) is 63.4 Å². The quantitative estimate of drug-likeness (QED) is 0.521. The number of rotatable bonds is 4. The number of carbonyl (C=O) groups is 2. The van der Waals surface area contributed by atoms with Gasteiger partial charge in [-0.3, -0.25) is 14.9 Å². The van der Waals surface area contributed by atoms with Gasteiger partial charge >= 0.3 is 0 Å². The molecule has 2 aromatic rings. The van der Waals surface area contributed by atoms with Gasteiger partial charge in [-0.1, -0.05) is 62.2 Å². The van der Waals surface area contributed by atoms with E-state index in [1.54, 1.807) is 18.2 Å². The van der Waals surface area contributed by atoms with Crippen molar-refractivity contribution in [1.29, 1.82) is 0 Å². The molecule has 3 aliphatic rings. The minimum Gasteiger partial charge on any atom is -0.352 e. The molecule has 3 N–H and O–H groups in total. The number of benzene rings is 2. The predicted octanol–water partition coefficient (Wildman–Crippen LogP) is 5.12. The third kappa shape index (κ3) is 3.54. The van der Waals surface area contributed by atoms with Crippen LogP contribution in [0, 0.1) is 11.2 Å². The fourth-order valence-corrected chi connectivity index (χ4v) is 5.75. The lowest BCUT2D eigenvalue weighted by Gasteiger charge is -2.31. The first-order chi connectivity index (χ1) is 15.5. The fourth-order valence-electron chi connectivity index (χ4n) is 5.40. The molecule has 5 rings (SSSR count). The first-order valence-electron chi connectivity index (χ1n) is 11.1. The maximum atomic E-state index is 15.4. The van der Waals surface area contributed by atoms with Crippen molar-refractivity contribution < 1.29 is 14.0 Å². The SMILES string of the molecule is CC(C)(C)CC12NC1(C(=O)NC1CC1)C(c1cccc(Cl)c1F)C(=O)Nc1cc(Cl)ccc12. The Labute approximate surface area is 202 Å². The minimum absolute atomic E-state index is 0.0717. The zero-order valence-corrected chi connectivity index (χ0v) is 20.2. The van der Waals surface area contributed by atoms with Crippen molar-refractivity contribution in [1.82, 2.24) is 10.6 Å². The van der Waals surface area contributed by atoms with Crippen LogP contribution in [0.3, 0.4) is 0 Å². The molecule has 2 fully saturated rings. The zero-order valence-electron chi connectivity index (χ0n) is 18.7. The molecule has 2 heterocycles. The van der Waals surface area contributed by atoms with E-state index in [1.165, 1.54) is 12.1 Å². The van der Waals surface area contributed by atoms with Crippen LogP contribution in [0.2, 0.25) is 10.0 Å². The Bertz CT molecular complexity index is 1180. The summed E-state index contributed by atoms with van der Waals surface area (Å²) < 4.78 is 15.4. The highest BCUT2D eigenvalue weighted by Gasteiger charge is 2.79. The molecule has 0 radical (unpaired) electrons. The van der Waals surface area contributed by atoms with Crippen LogP contribution in [0.15, 0.2) is 36.4 Å². The van der Waals surface area contributed by atoms with Gasteiger partial charge in [0.2, 0.25) is 11.8 Å². The maximum absolute atomic E-state index is 15.4. The van der Waals surface area contributed by atoms with Gasteiger partial charge < -0.3 is 10.6 Å². The highest BCUT2D eigenvalue weighted by molar-refractivity contribution is 6.31. The molecule has 33 heavy (non-hydrogen) atoms. The van der Waals surface area contributed by atoms with Crippen LogP contribution in [-0.4, -0.2) is 23.4 Å². The number of carbonyl (C=O) groups excluding carboxylic acids is 2. The second-order valence-electron chi connectivity index (χ2n) is 10.6. The Morgan fingerprint density at radius 3 is 2.61 bits per heavy atom. The molecule has 2 aliphatic heterocycles. The van der Waals surface area contributed by atoms with Crippen molar-refractivity contribution in [2.24, 2.45) is 5.41 Å². The first-order valence-corrected chi connectivity index (χ1v) is 11.9. The van der Waals surface area contributed by atoms with Gasteiger partial charge in [0.05, 0.1) is 16.5 Å². The monoisotopic (exact) mass is 489 g/mol. The number of hydrogen-bond acceptors (Lipinski definition) is 3. The molecule has 2 aromatic carbocycles. The summed E-state index contributed by atoms with van der Waals surface area (Å²) in [4.78, 5) is 27.6. The summed E-state index contributed by atoms with van der Waals surface area (Å²) >= 11 is 12.4. The summed E-state index contributed by atoms with van der Waals surface area (Å²) in [5.74, 6) is -2.60. The van der Waals surface area contributed by atoms with Crippen LogP contribution in [0.4, 0.5) is 10.1 Å². The van der Waals surface area contributed by atoms with Gasteiger partial charge in [-0.2, -0.15) is 0 Å². The van der Waals surface area contributed by atoms with E-state index in [0.717, 1.165) is 18.4 Å². The van der Waals surface area contributed by atoms with E-state index in [-0.39, 0.29) is 28.0 Å². The van der Waals surface area contributed by atoms with Gasteiger partial charge in [0.1, 0.15) is 11.4 Å². The lowest BCUT2D eigenvalue weighted by atomic mass is 9.69. The van der Waals surface area contributed by atoms with Gasteiger partial charge in [0.15, 0.2) is 0 Å². The molecule has 3 unspecified atom stereocenters. The van der Waals surface area contributed by atoms with E-state index in [1.807, 2.05) is 6.07 Å². The van der Waals surface area contributed by atoms with Crippen molar-refractivity contribution in [2.75, 3.05) is 5.32 Å². The average molecular weight is 490 g/mol. The molecule has 1 saturated carbocycles. The Morgan fingerprint density at radius 1 is 1.21 bits per heavy atom. The topological polar surface area (TPSA) is 80.1 Å². The van der Waals surface area contributed by atoms with Crippen LogP contribution in [0.5, 0.6) is 0 Å². The largest absolute Gasteiger partial charge is 0.352 e. The number of hydrogen-bond donors (Lipinski definition) is 3. The molecule has 3 atom stereocenters. The Morgan fingerprint density at radius 2 is 1.94 bits per heavy atom. The Hall–Kier alpha value is -2.15. The summed E-state index contributed by atoms with van der Waals surface area (Å²) in [6, 6.07) is 9.91. The number of nitrogens with one attached hydrogen (secondary N) is 3. The molecule has 5 nitrogen and oxygen atoms in total. The molecule has 174 valence electrons. The smallest absolute Gasteiger partial charge is 0.244 e. The van der Waals surface area contributed by atoms with E-state index < -0.39 is 28.7 Å². The average Bonchev–Trinajstić information content (AvgIpc) is 3.61. The highest BCUT2D eigenvalue weighted by atomic mass is 35.5. The first kappa shape index (κ1) is 22.6. The summed E-state index contributed by atoms with van der Waals surface area (Å²) in [6.07, 6.45) is 2.33. The maximum Gasteiger partial charge on any atom is 0.244 e. The molecule has 8 heteroatoms. The molecular weight excluding hydrogens is 464 g/mol. The lowest BCUT2D eigenvalue weighted by molar-refractivity contribution is -0.129. The van der Waals surface area contributed by atoms with Crippen LogP contribution < -0.4 is 16.0 Å². The van der Waals surface area contributed by atoms with Crippen molar-refractivity contribution in [3.63, 3.8) is 0 Å². The van der Waals surface area contributed by atoms with E-state index in [2.05, 4.69) is 36.7 Å². The molecule has 1 saturated heterocycles.